The predicted molar refractivity (Wildman–Crippen MR) is 17.8 cm³/mol. The number of rotatable bonds is 0. The Morgan fingerprint density at radius 3 is 1.50 bits per heavy atom. The van der Waals surface area contributed by atoms with Gasteiger partial charge in [0.25, 0.3) is 0 Å². The Hall–Kier alpha value is 1.86. The summed E-state index contributed by atoms with van der Waals surface area (Å²) >= 11 is 0. The van der Waals surface area contributed by atoms with Crippen LogP contribution in [0.25, 0.3) is 0 Å². The Labute approximate surface area is 82.4 Å². The van der Waals surface area contributed by atoms with Crippen molar-refractivity contribution in [2.24, 2.45) is 0 Å². The van der Waals surface area contributed by atoms with E-state index >= 15 is 0 Å². The smallest absolute Gasteiger partial charge is 0.296 e. The Kier molecular flexibility index (Phi) is 6.84. The number of halogens is 2. The Balaban J connectivity index is 0. The molecule has 0 aromatic carbocycles. The van der Waals surface area contributed by atoms with E-state index in [2.05, 4.69) is 0 Å². The Morgan fingerprint density at radius 2 is 1.50 bits per heavy atom. The molecule has 1 N–H and O–H groups in total. The van der Waals surface area contributed by atoms with E-state index < -0.39 is 7.99 Å². The molecule has 0 saturated heterocycles. The van der Waals surface area contributed by atoms with E-state index in [1.807, 2.05) is 0 Å². The minimum Gasteiger partial charge on any atom is -0.296 e. The van der Waals surface area contributed by atoms with Gasteiger partial charge in [-0.2, -0.15) is 0 Å². The average molecular weight is 187 g/mol. The van der Waals surface area contributed by atoms with Gasteiger partial charge in [-0.05, 0) is 0 Å². The zero-order valence-corrected chi connectivity index (χ0v) is 8.87. The molecule has 0 aliphatic rings. The molecule has 0 fully saturated rings. The molecule has 33 valence electrons. The van der Waals surface area contributed by atoms with Gasteiger partial charge >= 0.3 is 7.99 Å². The largest absolute Gasteiger partial charge is 0.549 e. The first-order valence-electron chi connectivity index (χ1n) is 0.721. The Morgan fingerprint density at radius 1 is 1.50 bits per heavy atom. The quantitative estimate of drug-likeness (QED) is 0.565. The van der Waals surface area contributed by atoms with Gasteiger partial charge in [0.2, 0.25) is 0 Å². The molecule has 6 heavy (non-hydrogen) atoms. The molecule has 0 unspecified atom stereocenters. The van der Waals surface area contributed by atoms with Gasteiger partial charge in [0.1, 0.15) is 0 Å². The van der Waals surface area contributed by atoms with Crippen molar-refractivity contribution in [2.45, 2.75) is 0 Å². The molecule has 0 aromatic rings. The van der Waals surface area contributed by atoms with E-state index in [0.29, 0.717) is 0 Å². The summed E-state index contributed by atoms with van der Waals surface area (Å²) in [6.45, 7) is 0. The maximum absolute atomic E-state index is 10.1. The van der Waals surface area contributed by atoms with Crippen LogP contribution in [0.15, 0.2) is 0 Å². The van der Waals surface area contributed by atoms with Crippen LogP contribution < -0.4 is 0 Å². The van der Waals surface area contributed by atoms with Gasteiger partial charge in [-0.3, -0.25) is 4.89 Å². The fourth-order valence-corrected chi connectivity index (χ4v) is 0. The van der Waals surface area contributed by atoms with Gasteiger partial charge in [-0.1, -0.05) is 0 Å². The second kappa shape index (κ2) is 3.81. The molecule has 0 aliphatic carbocycles. The van der Waals surface area contributed by atoms with Crippen molar-refractivity contribution in [3.05, 3.63) is 0 Å². The molecule has 6 heteroatoms. The van der Waals surface area contributed by atoms with Crippen LogP contribution in [0.5, 0.6) is 0 Å². The number of hydrogen-bond acceptors (Lipinski definition) is 1. The van der Waals surface area contributed by atoms with Crippen molar-refractivity contribution in [1.82, 2.24) is 0 Å². The summed E-state index contributed by atoms with van der Waals surface area (Å²) in [4.78, 5) is 6.74. The van der Waals surface area contributed by atoms with Crippen LogP contribution in [-0.2, 0) is 4.57 Å². The number of hydrogen-bond donors (Lipinski definition) is 1. The fourth-order valence-electron chi connectivity index (χ4n) is 0. The van der Waals surface area contributed by atoms with Crippen molar-refractivity contribution < 1.29 is 17.9 Å². The molecule has 2 nitrogen and oxygen atoms in total. The zero-order valence-electron chi connectivity index (χ0n) is 3.06. The molecule has 0 spiro atoms. The second-order valence-electron chi connectivity index (χ2n) is 0.435. The van der Waals surface area contributed by atoms with E-state index in [1.54, 1.807) is 0 Å². The molecule has 0 atom stereocenters. The normalized spacial score (nSPS) is 9.83. The van der Waals surface area contributed by atoms with Crippen LogP contribution in [0.2, 0.25) is 0 Å². The van der Waals surface area contributed by atoms with E-state index in [0.717, 1.165) is 0 Å². The first-order valence-corrected chi connectivity index (χ1v) is 2.16. The molecule has 1 radical (unpaired) electrons. The molecular formula is HF2O2PRb. The molecule has 0 heterocycles. The van der Waals surface area contributed by atoms with Crippen molar-refractivity contribution >= 4 is 66.2 Å². The third-order valence-electron chi connectivity index (χ3n) is 0. The third-order valence-corrected chi connectivity index (χ3v) is 0. The van der Waals surface area contributed by atoms with E-state index in [-0.39, 0.29) is 58.2 Å². The summed E-state index contributed by atoms with van der Waals surface area (Å²) in [6, 6.07) is 0. The molecule has 0 rings (SSSR count). The topological polar surface area (TPSA) is 37.3 Å². The summed E-state index contributed by atoms with van der Waals surface area (Å²) < 4.78 is 28.7. The van der Waals surface area contributed by atoms with Crippen LogP contribution in [0, 0.1) is 0 Å². The van der Waals surface area contributed by atoms with E-state index in [9.17, 15) is 8.39 Å². The van der Waals surface area contributed by atoms with Crippen molar-refractivity contribution in [3.8, 4) is 0 Å². The van der Waals surface area contributed by atoms with Crippen molar-refractivity contribution in [3.63, 3.8) is 0 Å². The first kappa shape index (κ1) is 10.8. The fraction of sp³-hybridized carbons (Fsp3) is 0. The average Bonchev–Trinajstić information content (AvgIpc) is 0.722. The summed E-state index contributed by atoms with van der Waals surface area (Å²) in [6.07, 6.45) is 0. The monoisotopic (exact) mass is 187 g/mol. The summed E-state index contributed by atoms with van der Waals surface area (Å²) in [7, 11) is -5.64. The third kappa shape index (κ3) is 40.1. The Bertz CT molecular complexity index is 57.7. The summed E-state index contributed by atoms with van der Waals surface area (Å²) in [5, 5.41) is 0. The van der Waals surface area contributed by atoms with Gasteiger partial charge in [-0.25, -0.2) is 4.57 Å². The summed E-state index contributed by atoms with van der Waals surface area (Å²) in [5.41, 5.74) is 0. The molecule has 0 amide bonds. The molecular weight excluding hydrogens is 186 g/mol. The molecule has 0 bridgehead atoms. The van der Waals surface area contributed by atoms with E-state index in [1.165, 1.54) is 0 Å². The van der Waals surface area contributed by atoms with Gasteiger partial charge < -0.3 is 0 Å². The van der Waals surface area contributed by atoms with Crippen LogP contribution in [0.1, 0.15) is 0 Å². The second-order valence-corrected chi connectivity index (χ2v) is 1.30. The van der Waals surface area contributed by atoms with Gasteiger partial charge in [0, 0.05) is 58.2 Å². The van der Waals surface area contributed by atoms with Crippen LogP contribution in [-0.4, -0.2) is 63.1 Å². The maximum atomic E-state index is 10.1. The van der Waals surface area contributed by atoms with Gasteiger partial charge in [-0.15, -0.1) is 8.39 Å². The van der Waals surface area contributed by atoms with Crippen molar-refractivity contribution in [2.75, 3.05) is 0 Å². The van der Waals surface area contributed by atoms with Crippen LogP contribution in [0.3, 0.4) is 0 Å². The van der Waals surface area contributed by atoms with Crippen molar-refractivity contribution in [1.29, 1.82) is 0 Å². The van der Waals surface area contributed by atoms with E-state index in [4.69, 9.17) is 9.46 Å². The predicted octanol–water partition coefficient (Wildman–Crippen LogP) is 0.645. The maximum Gasteiger partial charge on any atom is 0.549 e. The van der Waals surface area contributed by atoms with Gasteiger partial charge in [0.05, 0.1) is 0 Å². The SMILES string of the molecule is O=P(O)(F)F.[Rb]. The minimum atomic E-state index is -5.64. The summed E-state index contributed by atoms with van der Waals surface area (Å²) in [5.74, 6) is 0. The zero-order chi connectivity index (χ0) is 4.50. The minimum absolute atomic E-state index is 0. The molecule has 0 aromatic heterocycles. The van der Waals surface area contributed by atoms with Crippen LogP contribution >= 0.6 is 7.99 Å². The van der Waals surface area contributed by atoms with Crippen LogP contribution in [0.4, 0.5) is 8.39 Å². The van der Waals surface area contributed by atoms with Gasteiger partial charge in [0.15, 0.2) is 0 Å². The molecule has 0 aliphatic heterocycles. The first-order chi connectivity index (χ1) is 2.00. The molecule has 0 saturated carbocycles. The standard InChI is InChI=1S/F2HO2P.Rb/c1-5(2,3)4;/h(H,3,4);.